The second kappa shape index (κ2) is 6.54. The lowest BCUT2D eigenvalue weighted by atomic mass is 9.68. The number of halogens is 1. The minimum atomic E-state index is 0. The zero-order valence-corrected chi connectivity index (χ0v) is 15.4. The highest BCUT2D eigenvalue weighted by Gasteiger charge is 2.43. The summed E-state index contributed by atoms with van der Waals surface area (Å²) < 4.78 is 5.60. The van der Waals surface area contributed by atoms with Crippen molar-refractivity contribution in [3.05, 3.63) is 17.3 Å². The zero-order valence-electron chi connectivity index (χ0n) is 13.1. The van der Waals surface area contributed by atoms with E-state index in [0.29, 0.717) is 12.0 Å². The first kappa shape index (κ1) is 16.6. The van der Waals surface area contributed by atoms with Gasteiger partial charge in [-0.15, -0.1) is 24.0 Å². The molecule has 1 aliphatic heterocycles. The maximum atomic E-state index is 5.60. The van der Waals surface area contributed by atoms with E-state index in [4.69, 9.17) is 4.42 Å². The van der Waals surface area contributed by atoms with E-state index in [0.717, 1.165) is 36.4 Å². The van der Waals surface area contributed by atoms with Crippen LogP contribution >= 0.6 is 24.0 Å². The maximum Gasteiger partial charge on any atom is 0.214 e. The second-order valence-corrected chi connectivity index (χ2v) is 6.18. The molecule has 0 atom stereocenters. The van der Waals surface area contributed by atoms with Crippen LogP contribution in [0.4, 0.5) is 0 Å². The molecule has 1 saturated carbocycles. The Bertz CT molecular complexity index is 502. The molecular weight excluding hydrogens is 379 g/mol. The van der Waals surface area contributed by atoms with Gasteiger partial charge in [-0.25, -0.2) is 4.98 Å². The Morgan fingerprint density at radius 1 is 1.38 bits per heavy atom. The van der Waals surface area contributed by atoms with Crippen LogP contribution in [0.5, 0.6) is 0 Å². The number of hydrogen-bond donors (Lipinski definition) is 1. The number of aliphatic imine (C=N–C) groups is 1. The largest absolute Gasteiger partial charge is 0.444 e. The predicted molar refractivity (Wildman–Crippen MR) is 94.1 cm³/mol. The standard InChI is InChI=1S/C15H24N4O.HI/c1-11-12(2)20-13(18-11)9-17-14(16-3)19-8-7-15(10-19)5-4-6-15;/h4-10H2,1-3H3,(H,16,17);1H. The highest BCUT2D eigenvalue weighted by molar-refractivity contribution is 14.0. The van der Waals surface area contributed by atoms with Crippen molar-refractivity contribution in [2.75, 3.05) is 20.1 Å². The van der Waals surface area contributed by atoms with Crippen molar-refractivity contribution in [2.45, 2.75) is 46.1 Å². The van der Waals surface area contributed by atoms with Gasteiger partial charge >= 0.3 is 0 Å². The summed E-state index contributed by atoms with van der Waals surface area (Å²) >= 11 is 0. The van der Waals surface area contributed by atoms with Crippen LogP contribution in [0.1, 0.15) is 43.0 Å². The molecule has 0 radical (unpaired) electrons. The summed E-state index contributed by atoms with van der Waals surface area (Å²) in [5.74, 6) is 2.60. The van der Waals surface area contributed by atoms with Crippen molar-refractivity contribution in [2.24, 2.45) is 10.4 Å². The quantitative estimate of drug-likeness (QED) is 0.468. The van der Waals surface area contributed by atoms with Gasteiger partial charge < -0.3 is 14.6 Å². The van der Waals surface area contributed by atoms with Crippen molar-refractivity contribution < 1.29 is 4.42 Å². The normalized spacial score (nSPS) is 20.3. The summed E-state index contributed by atoms with van der Waals surface area (Å²) in [7, 11) is 1.85. The number of aryl methyl sites for hydroxylation is 2. The molecule has 1 saturated heterocycles. The second-order valence-electron chi connectivity index (χ2n) is 6.18. The number of nitrogens with one attached hydrogen (secondary N) is 1. The number of likely N-dealkylation sites (tertiary alicyclic amines) is 1. The lowest BCUT2D eigenvalue weighted by Crippen LogP contribution is -2.42. The van der Waals surface area contributed by atoms with Crippen LogP contribution < -0.4 is 5.32 Å². The van der Waals surface area contributed by atoms with Gasteiger partial charge in [0.25, 0.3) is 0 Å². The average Bonchev–Trinajstić information content (AvgIpc) is 2.96. The van der Waals surface area contributed by atoms with Crippen LogP contribution in [0.25, 0.3) is 0 Å². The van der Waals surface area contributed by atoms with Gasteiger partial charge in [0, 0.05) is 20.1 Å². The number of aromatic nitrogens is 1. The minimum absolute atomic E-state index is 0. The van der Waals surface area contributed by atoms with E-state index in [9.17, 15) is 0 Å². The van der Waals surface area contributed by atoms with Gasteiger partial charge in [-0.2, -0.15) is 0 Å². The fourth-order valence-electron chi connectivity index (χ4n) is 3.30. The highest BCUT2D eigenvalue weighted by Crippen LogP contribution is 2.47. The number of oxazole rings is 1. The van der Waals surface area contributed by atoms with Gasteiger partial charge in [0.2, 0.25) is 5.89 Å². The van der Waals surface area contributed by atoms with E-state index in [1.807, 2.05) is 20.9 Å². The molecule has 6 heteroatoms. The van der Waals surface area contributed by atoms with Crippen molar-refractivity contribution >= 4 is 29.9 Å². The van der Waals surface area contributed by atoms with Crippen LogP contribution in [0.3, 0.4) is 0 Å². The molecule has 2 aliphatic rings. The third-order valence-corrected chi connectivity index (χ3v) is 4.83. The van der Waals surface area contributed by atoms with Gasteiger partial charge in [0.1, 0.15) is 5.76 Å². The van der Waals surface area contributed by atoms with Gasteiger partial charge in [-0.05, 0) is 38.5 Å². The lowest BCUT2D eigenvalue weighted by Gasteiger charge is -2.38. The van der Waals surface area contributed by atoms with Crippen LogP contribution in [0.2, 0.25) is 0 Å². The molecule has 21 heavy (non-hydrogen) atoms. The molecule has 1 N–H and O–H groups in total. The van der Waals surface area contributed by atoms with E-state index in [1.165, 1.54) is 25.7 Å². The summed E-state index contributed by atoms with van der Waals surface area (Å²) in [4.78, 5) is 11.2. The molecule has 1 aromatic rings. The summed E-state index contributed by atoms with van der Waals surface area (Å²) in [6.45, 7) is 6.78. The highest BCUT2D eigenvalue weighted by atomic mass is 127. The molecule has 1 aliphatic carbocycles. The van der Waals surface area contributed by atoms with Gasteiger partial charge in [-0.3, -0.25) is 4.99 Å². The van der Waals surface area contributed by atoms with Crippen LogP contribution in [0, 0.1) is 19.3 Å². The summed E-state index contributed by atoms with van der Waals surface area (Å²) in [6, 6.07) is 0. The Morgan fingerprint density at radius 3 is 2.62 bits per heavy atom. The first-order chi connectivity index (χ1) is 9.62. The van der Waals surface area contributed by atoms with E-state index >= 15 is 0 Å². The van der Waals surface area contributed by atoms with Crippen molar-refractivity contribution in [3.63, 3.8) is 0 Å². The van der Waals surface area contributed by atoms with E-state index in [2.05, 4.69) is 20.2 Å². The predicted octanol–water partition coefficient (Wildman–Crippen LogP) is 2.86. The Balaban J connectivity index is 0.00000161. The maximum absolute atomic E-state index is 5.60. The third kappa shape index (κ3) is 3.35. The first-order valence-corrected chi connectivity index (χ1v) is 7.50. The van der Waals surface area contributed by atoms with Crippen LogP contribution in [0.15, 0.2) is 9.41 Å². The molecular formula is C15H25IN4O. The Morgan fingerprint density at radius 2 is 2.14 bits per heavy atom. The van der Waals surface area contributed by atoms with Crippen molar-refractivity contribution in [1.29, 1.82) is 0 Å². The molecule has 118 valence electrons. The molecule has 0 amide bonds. The molecule has 1 spiro atoms. The zero-order chi connectivity index (χ0) is 14.2. The van der Waals surface area contributed by atoms with Crippen molar-refractivity contribution in [3.8, 4) is 0 Å². The first-order valence-electron chi connectivity index (χ1n) is 7.50. The van der Waals surface area contributed by atoms with Crippen molar-refractivity contribution in [1.82, 2.24) is 15.2 Å². The molecule has 1 aromatic heterocycles. The molecule has 5 nitrogen and oxygen atoms in total. The van der Waals surface area contributed by atoms with E-state index in [-0.39, 0.29) is 24.0 Å². The Hall–Kier alpha value is -0.790. The molecule has 2 fully saturated rings. The molecule has 3 rings (SSSR count). The van der Waals surface area contributed by atoms with Crippen LogP contribution in [-0.2, 0) is 6.54 Å². The number of hydrogen-bond acceptors (Lipinski definition) is 3. The average molecular weight is 404 g/mol. The summed E-state index contributed by atoms with van der Waals surface area (Å²) in [5.41, 5.74) is 1.56. The van der Waals surface area contributed by atoms with Gasteiger partial charge in [-0.1, -0.05) is 6.42 Å². The Kier molecular flexibility index (Phi) is 5.16. The fraction of sp³-hybridized carbons (Fsp3) is 0.733. The fourth-order valence-corrected chi connectivity index (χ4v) is 3.30. The van der Waals surface area contributed by atoms with Crippen LogP contribution in [-0.4, -0.2) is 36.0 Å². The summed E-state index contributed by atoms with van der Waals surface area (Å²) in [5, 5.41) is 3.37. The van der Waals surface area contributed by atoms with Gasteiger partial charge in [0.15, 0.2) is 5.96 Å². The minimum Gasteiger partial charge on any atom is -0.444 e. The smallest absolute Gasteiger partial charge is 0.214 e. The van der Waals surface area contributed by atoms with E-state index in [1.54, 1.807) is 0 Å². The third-order valence-electron chi connectivity index (χ3n) is 4.83. The number of guanidine groups is 1. The lowest BCUT2D eigenvalue weighted by molar-refractivity contribution is 0.151. The number of rotatable bonds is 2. The SMILES string of the molecule is CN=C(NCc1nc(C)c(C)o1)N1CCC2(CCC2)C1.I. The Labute approximate surface area is 143 Å². The molecule has 2 heterocycles. The summed E-state index contributed by atoms with van der Waals surface area (Å²) in [6.07, 6.45) is 5.48. The van der Waals surface area contributed by atoms with Gasteiger partial charge in [0.05, 0.1) is 12.2 Å². The monoisotopic (exact) mass is 404 g/mol. The molecule has 0 aromatic carbocycles. The van der Waals surface area contributed by atoms with E-state index < -0.39 is 0 Å². The number of nitrogens with zero attached hydrogens (tertiary/aromatic N) is 3. The topological polar surface area (TPSA) is 53.7 Å². The molecule has 0 bridgehead atoms. The molecule has 0 unspecified atom stereocenters.